The number of methoxy groups -OCH3 is 2. The van der Waals surface area contributed by atoms with Crippen LogP contribution in [0.15, 0.2) is 48.5 Å². The number of ether oxygens (including phenoxy) is 2. The highest BCUT2D eigenvalue weighted by molar-refractivity contribution is 5.91. The average Bonchev–Trinajstić information content (AvgIpc) is 2.60. The lowest BCUT2D eigenvalue weighted by Crippen LogP contribution is -2.24. The Labute approximate surface area is 143 Å². The molecule has 0 unspecified atom stereocenters. The van der Waals surface area contributed by atoms with Crippen molar-refractivity contribution in [3.8, 4) is 11.5 Å². The quantitative estimate of drug-likeness (QED) is 0.761. The summed E-state index contributed by atoms with van der Waals surface area (Å²) in [6, 6.07) is 13.6. The summed E-state index contributed by atoms with van der Waals surface area (Å²) in [4.78, 5) is 14.0. The van der Waals surface area contributed by atoms with Gasteiger partial charge >= 0.3 is 0 Å². The summed E-state index contributed by atoms with van der Waals surface area (Å²) in [6.45, 7) is 2.46. The smallest absolute Gasteiger partial charge is 0.246 e. The number of carbonyl (C=O) groups is 1. The van der Waals surface area contributed by atoms with E-state index in [1.54, 1.807) is 32.2 Å². The van der Waals surface area contributed by atoms with Crippen LogP contribution in [0, 0.1) is 6.92 Å². The van der Waals surface area contributed by atoms with Gasteiger partial charge in [0.2, 0.25) is 5.91 Å². The third-order valence-electron chi connectivity index (χ3n) is 3.86. The van der Waals surface area contributed by atoms with Crippen molar-refractivity contribution in [3.63, 3.8) is 0 Å². The molecule has 0 aromatic heterocycles. The minimum absolute atomic E-state index is 0.0665. The van der Waals surface area contributed by atoms with E-state index in [0.717, 1.165) is 16.7 Å². The zero-order valence-corrected chi connectivity index (χ0v) is 14.6. The molecule has 0 aliphatic rings. The number of hydrogen-bond acceptors (Lipinski definition) is 3. The van der Waals surface area contributed by atoms with Gasteiger partial charge in [-0.1, -0.05) is 36.4 Å². The summed E-state index contributed by atoms with van der Waals surface area (Å²) < 4.78 is 10.7. The Morgan fingerprint density at radius 2 is 1.83 bits per heavy atom. The summed E-state index contributed by atoms with van der Waals surface area (Å²) in [5.41, 5.74) is 3.08. The van der Waals surface area contributed by atoms with Crippen molar-refractivity contribution in [2.24, 2.45) is 0 Å². The molecule has 0 radical (unpaired) electrons. The lowest BCUT2D eigenvalue weighted by Gasteiger charge is -2.18. The van der Waals surface area contributed by atoms with Gasteiger partial charge in [-0.05, 0) is 30.2 Å². The summed E-state index contributed by atoms with van der Waals surface area (Å²) in [5, 5.41) is 0. The molecular formula is C20H23NO3. The zero-order valence-electron chi connectivity index (χ0n) is 14.6. The third-order valence-corrected chi connectivity index (χ3v) is 3.86. The number of nitrogens with zero attached hydrogens (tertiary/aromatic N) is 1. The molecule has 0 aliphatic heterocycles. The van der Waals surface area contributed by atoms with Crippen LogP contribution in [0.2, 0.25) is 0 Å². The van der Waals surface area contributed by atoms with Crippen LogP contribution in [0.1, 0.15) is 16.7 Å². The second-order valence-electron chi connectivity index (χ2n) is 5.54. The SMILES string of the molecule is COc1cccc(CN(C)C(=O)/C=C/c2ccccc2C)c1OC. The molecule has 0 saturated carbocycles. The van der Waals surface area contributed by atoms with Gasteiger partial charge in [0.15, 0.2) is 11.5 Å². The van der Waals surface area contributed by atoms with Gasteiger partial charge in [0.25, 0.3) is 0 Å². The lowest BCUT2D eigenvalue weighted by atomic mass is 10.1. The van der Waals surface area contributed by atoms with E-state index >= 15 is 0 Å². The van der Waals surface area contributed by atoms with E-state index in [9.17, 15) is 4.79 Å². The first-order chi connectivity index (χ1) is 11.6. The number of likely N-dealkylation sites (N-methyl/N-ethyl adjacent to an activating group) is 1. The molecule has 2 rings (SSSR count). The molecule has 0 aliphatic carbocycles. The van der Waals surface area contributed by atoms with E-state index in [2.05, 4.69) is 0 Å². The molecule has 0 bridgehead atoms. The Hall–Kier alpha value is -2.75. The highest BCUT2D eigenvalue weighted by Gasteiger charge is 2.13. The van der Waals surface area contributed by atoms with E-state index in [4.69, 9.17) is 9.47 Å². The first-order valence-electron chi connectivity index (χ1n) is 7.75. The molecular weight excluding hydrogens is 302 g/mol. The third kappa shape index (κ3) is 4.16. The molecule has 0 fully saturated rings. The van der Waals surface area contributed by atoms with Gasteiger partial charge in [-0.15, -0.1) is 0 Å². The largest absolute Gasteiger partial charge is 0.493 e. The summed E-state index contributed by atoms with van der Waals surface area (Å²) in [7, 11) is 4.96. The molecule has 4 nitrogen and oxygen atoms in total. The number of benzene rings is 2. The molecule has 2 aromatic rings. The minimum atomic E-state index is -0.0665. The zero-order chi connectivity index (χ0) is 17.5. The maximum atomic E-state index is 12.4. The Morgan fingerprint density at radius 3 is 2.50 bits per heavy atom. The number of amides is 1. The van der Waals surface area contributed by atoms with Crippen LogP contribution in [-0.4, -0.2) is 32.1 Å². The normalized spacial score (nSPS) is 10.7. The van der Waals surface area contributed by atoms with E-state index in [-0.39, 0.29) is 5.91 Å². The molecule has 126 valence electrons. The van der Waals surface area contributed by atoms with Crippen molar-refractivity contribution in [1.82, 2.24) is 4.90 Å². The predicted octanol–water partition coefficient (Wildman–Crippen LogP) is 3.68. The predicted molar refractivity (Wildman–Crippen MR) is 96.2 cm³/mol. The highest BCUT2D eigenvalue weighted by atomic mass is 16.5. The van der Waals surface area contributed by atoms with Crippen LogP contribution in [0.25, 0.3) is 6.08 Å². The average molecular weight is 325 g/mol. The van der Waals surface area contributed by atoms with Gasteiger partial charge in [0, 0.05) is 25.2 Å². The lowest BCUT2D eigenvalue weighted by molar-refractivity contribution is -0.125. The fraction of sp³-hybridized carbons (Fsp3) is 0.250. The number of carbonyl (C=O) groups excluding carboxylic acids is 1. The topological polar surface area (TPSA) is 38.8 Å². The molecule has 1 amide bonds. The van der Waals surface area contributed by atoms with Gasteiger partial charge in [0.1, 0.15) is 0 Å². The molecule has 4 heteroatoms. The molecule has 0 atom stereocenters. The Balaban J connectivity index is 2.11. The number of para-hydroxylation sites is 1. The van der Waals surface area contributed by atoms with Gasteiger partial charge in [-0.2, -0.15) is 0 Å². The summed E-state index contributed by atoms with van der Waals surface area (Å²) in [6.07, 6.45) is 3.44. The first kappa shape index (κ1) is 17.6. The molecule has 0 spiro atoms. The van der Waals surface area contributed by atoms with E-state index in [0.29, 0.717) is 18.0 Å². The second-order valence-corrected chi connectivity index (χ2v) is 5.54. The first-order valence-corrected chi connectivity index (χ1v) is 7.75. The van der Waals surface area contributed by atoms with Crippen LogP contribution in [0.5, 0.6) is 11.5 Å². The fourth-order valence-electron chi connectivity index (χ4n) is 2.47. The van der Waals surface area contributed by atoms with Gasteiger partial charge < -0.3 is 14.4 Å². The Morgan fingerprint density at radius 1 is 1.08 bits per heavy atom. The standard InChI is InChI=1S/C20H23NO3/c1-15-8-5-6-9-16(15)12-13-19(22)21(2)14-17-10-7-11-18(23-3)20(17)24-4/h5-13H,14H2,1-4H3/b13-12+. The summed E-state index contributed by atoms with van der Waals surface area (Å²) in [5.74, 6) is 1.25. The van der Waals surface area contributed by atoms with Crippen molar-refractivity contribution < 1.29 is 14.3 Å². The maximum absolute atomic E-state index is 12.4. The Kier molecular flexibility index (Phi) is 6.01. The van der Waals surface area contributed by atoms with E-state index < -0.39 is 0 Å². The molecule has 0 N–H and O–H groups in total. The summed E-state index contributed by atoms with van der Waals surface area (Å²) >= 11 is 0. The molecule has 2 aromatic carbocycles. The van der Waals surface area contributed by atoms with Gasteiger partial charge in [-0.25, -0.2) is 0 Å². The van der Waals surface area contributed by atoms with Gasteiger partial charge in [0.05, 0.1) is 14.2 Å². The van der Waals surface area contributed by atoms with Crippen molar-refractivity contribution in [2.75, 3.05) is 21.3 Å². The maximum Gasteiger partial charge on any atom is 0.246 e. The van der Waals surface area contributed by atoms with E-state index in [1.165, 1.54) is 0 Å². The van der Waals surface area contributed by atoms with Crippen LogP contribution in [0.4, 0.5) is 0 Å². The monoisotopic (exact) mass is 325 g/mol. The number of hydrogen-bond donors (Lipinski definition) is 0. The van der Waals surface area contributed by atoms with Crippen LogP contribution in [0.3, 0.4) is 0 Å². The minimum Gasteiger partial charge on any atom is -0.493 e. The van der Waals surface area contributed by atoms with Crippen molar-refractivity contribution >= 4 is 12.0 Å². The molecule has 0 heterocycles. The van der Waals surface area contributed by atoms with Crippen molar-refractivity contribution in [2.45, 2.75) is 13.5 Å². The fourth-order valence-corrected chi connectivity index (χ4v) is 2.47. The highest BCUT2D eigenvalue weighted by Crippen LogP contribution is 2.31. The van der Waals surface area contributed by atoms with Crippen LogP contribution < -0.4 is 9.47 Å². The van der Waals surface area contributed by atoms with E-state index in [1.807, 2.05) is 55.5 Å². The second kappa shape index (κ2) is 8.20. The van der Waals surface area contributed by atoms with Crippen LogP contribution in [-0.2, 0) is 11.3 Å². The Bertz CT molecular complexity index is 737. The van der Waals surface area contributed by atoms with Crippen LogP contribution >= 0.6 is 0 Å². The van der Waals surface area contributed by atoms with Crippen molar-refractivity contribution in [1.29, 1.82) is 0 Å². The number of rotatable bonds is 6. The van der Waals surface area contributed by atoms with Crippen molar-refractivity contribution in [3.05, 3.63) is 65.2 Å². The van der Waals surface area contributed by atoms with Gasteiger partial charge in [-0.3, -0.25) is 4.79 Å². The number of aryl methyl sites for hydroxylation is 1. The molecule has 0 saturated heterocycles. The molecule has 24 heavy (non-hydrogen) atoms.